The van der Waals surface area contributed by atoms with Crippen molar-refractivity contribution in [3.8, 4) is 0 Å². The molecular formula is C18H24N6. The highest BCUT2D eigenvalue weighted by Crippen LogP contribution is 2.27. The number of hydrogen-bond acceptors (Lipinski definition) is 6. The maximum atomic E-state index is 4.64. The molecule has 6 heteroatoms. The molecule has 0 radical (unpaired) electrons. The summed E-state index contributed by atoms with van der Waals surface area (Å²) in [4.78, 5) is 22.8. The number of hydrogen-bond donors (Lipinski definition) is 0. The summed E-state index contributed by atoms with van der Waals surface area (Å²) in [6.45, 7) is 5.88. The summed E-state index contributed by atoms with van der Waals surface area (Å²) in [7, 11) is 0. The first-order valence-electron chi connectivity index (χ1n) is 8.93. The summed E-state index contributed by atoms with van der Waals surface area (Å²) in [5, 5.41) is 0. The number of anilines is 2. The molecule has 2 aromatic heterocycles. The van der Waals surface area contributed by atoms with Crippen LogP contribution in [0.1, 0.15) is 36.2 Å². The van der Waals surface area contributed by atoms with Crippen LogP contribution in [0.15, 0.2) is 18.7 Å². The minimum Gasteiger partial charge on any atom is -0.353 e. The van der Waals surface area contributed by atoms with Crippen LogP contribution in [-0.4, -0.2) is 46.1 Å². The average Bonchev–Trinajstić information content (AvgIpc) is 2.88. The van der Waals surface area contributed by atoms with E-state index in [2.05, 4.69) is 29.7 Å². The molecule has 2 aromatic rings. The summed E-state index contributed by atoms with van der Waals surface area (Å²) in [5.41, 5.74) is 3.66. The monoisotopic (exact) mass is 324 g/mol. The quantitative estimate of drug-likeness (QED) is 0.789. The summed E-state index contributed by atoms with van der Waals surface area (Å²) in [6, 6.07) is 0. The van der Waals surface area contributed by atoms with Gasteiger partial charge < -0.3 is 9.80 Å². The van der Waals surface area contributed by atoms with Crippen LogP contribution in [-0.2, 0) is 12.8 Å². The van der Waals surface area contributed by atoms with Crippen molar-refractivity contribution in [2.24, 2.45) is 0 Å². The summed E-state index contributed by atoms with van der Waals surface area (Å²) >= 11 is 0. The first-order chi connectivity index (χ1) is 11.8. The zero-order valence-electron chi connectivity index (χ0n) is 14.3. The molecule has 3 heterocycles. The molecule has 0 spiro atoms. The molecule has 1 aliphatic carbocycles. The van der Waals surface area contributed by atoms with Crippen molar-refractivity contribution in [3.05, 3.63) is 35.7 Å². The summed E-state index contributed by atoms with van der Waals surface area (Å²) in [6.07, 6.45) is 11.3. The minimum absolute atomic E-state index is 0.957. The van der Waals surface area contributed by atoms with E-state index in [1.807, 2.05) is 6.92 Å². The fraction of sp³-hybridized carbons (Fsp3) is 0.556. The van der Waals surface area contributed by atoms with Gasteiger partial charge in [0.1, 0.15) is 18.0 Å². The lowest BCUT2D eigenvalue weighted by Crippen LogP contribution is -2.47. The molecule has 0 atom stereocenters. The van der Waals surface area contributed by atoms with Crippen molar-refractivity contribution in [3.63, 3.8) is 0 Å². The highest BCUT2D eigenvalue weighted by Gasteiger charge is 2.24. The van der Waals surface area contributed by atoms with Crippen LogP contribution in [0.25, 0.3) is 0 Å². The molecule has 2 aliphatic rings. The standard InChI is InChI=1S/C18H24N6/c1-14-17(20-8-7-19-14)23-9-11-24(12-10-23)18-15-5-3-2-4-6-16(15)21-13-22-18/h7-8,13H,2-6,9-12H2,1H3. The first kappa shape index (κ1) is 15.3. The van der Waals surface area contributed by atoms with Gasteiger partial charge in [0.15, 0.2) is 0 Å². The van der Waals surface area contributed by atoms with Crippen LogP contribution in [0, 0.1) is 6.92 Å². The van der Waals surface area contributed by atoms with Crippen LogP contribution in [0.2, 0.25) is 0 Å². The van der Waals surface area contributed by atoms with Crippen molar-refractivity contribution in [1.82, 2.24) is 19.9 Å². The Bertz CT molecular complexity index is 708. The number of nitrogens with zero attached hydrogens (tertiary/aromatic N) is 6. The lowest BCUT2D eigenvalue weighted by molar-refractivity contribution is 0.633. The van der Waals surface area contributed by atoms with Crippen LogP contribution >= 0.6 is 0 Å². The second-order valence-electron chi connectivity index (χ2n) is 6.62. The molecule has 24 heavy (non-hydrogen) atoms. The number of piperazine rings is 1. The highest BCUT2D eigenvalue weighted by atomic mass is 15.3. The highest BCUT2D eigenvalue weighted by molar-refractivity contribution is 5.52. The van der Waals surface area contributed by atoms with Gasteiger partial charge in [-0.2, -0.15) is 0 Å². The van der Waals surface area contributed by atoms with Gasteiger partial charge in [0, 0.05) is 49.8 Å². The van der Waals surface area contributed by atoms with Gasteiger partial charge in [-0.15, -0.1) is 0 Å². The molecule has 0 bridgehead atoms. The number of aryl methyl sites for hydroxylation is 2. The number of rotatable bonds is 2. The van der Waals surface area contributed by atoms with Crippen molar-refractivity contribution >= 4 is 11.6 Å². The summed E-state index contributed by atoms with van der Waals surface area (Å²) in [5.74, 6) is 2.18. The van der Waals surface area contributed by atoms with Gasteiger partial charge in [0.05, 0.1) is 5.69 Å². The van der Waals surface area contributed by atoms with Gasteiger partial charge in [-0.3, -0.25) is 4.98 Å². The van der Waals surface area contributed by atoms with E-state index in [9.17, 15) is 0 Å². The minimum atomic E-state index is 0.957. The van der Waals surface area contributed by atoms with Gasteiger partial charge in [0.25, 0.3) is 0 Å². The SMILES string of the molecule is Cc1nccnc1N1CCN(c2ncnc3c2CCCCC3)CC1. The Kier molecular flexibility index (Phi) is 4.28. The largest absolute Gasteiger partial charge is 0.353 e. The molecule has 0 N–H and O–H groups in total. The fourth-order valence-corrected chi connectivity index (χ4v) is 3.79. The predicted octanol–water partition coefficient (Wildman–Crippen LogP) is 2.17. The second kappa shape index (κ2) is 6.71. The Morgan fingerprint density at radius 1 is 0.750 bits per heavy atom. The lowest BCUT2D eigenvalue weighted by Gasteiger charge is -2.37. The molecule has 0 unspecified atom stereocenters. The van der Waals surface area contributed by atoms with Crippen molar-refractivity contribution < 1.29 is 0 Å². The van der Waals surface area contributed by atoms with E-state index in [0.717, 1.165) is 56.4 Å². The molecule has 1 fully saturated rings. The van der Waals surface area contributed by atoms with E-state index in [4.69, 9.17) is 0 Å². The smallest absolute Gasteiger partial charge is 0.150 e. The fourth-order valence-electron chi connectivity index (χ4n) is 3.79. The Labute approximate surface area is 143 Å². The molecular weight excluding hydrogens is 300 g/mol. The third kappa shape index (κ3) is 2.92. The predicted molar refractivity (Wildman–Crippen MR) is 94.5 cm³/mol. The van der Waals surface area contributed by atoms with Gasteiger partial charge in [-0.05, 0) is 32.6 Å². The van der Waals surface area contributed by atoms with E-state index in [1.54, 1.807) is 18.7 Å². The zero-order valence-corrected chi connectivity index (χ0v) is 14.3. The van der Waals surface area contributed by atoms with Crippen molar-refractivity contribution in [1.29, 1.82) is 0 Å². The van der Waals surface area contributed by atoms with Gasteiger partial charge >= 0.3 is 0 Å². The lowest BCUT2D eigenvalue weighted by atomic mass is 10.1. The average molecular weight is 324 g/mol. The molecule has 4 rings (SSSR count). The van der Waals surface area contributed by atoms with E-state index in [1.165, 1.54) is 30.5 Å². The normalized spacial score (nSPS) is 18.2. The van der Waals surface area contributed by atoms with Crippen LogP contribution in [0.4, 0.5) is 11.6 Å². The third-order valence-corrected chi connectivity index (χ3v) is 5.09. The van der Waals surface area contributed by atoms with E-state index >= 15 is 0 Å². The third-order valence-electron chi connectivity index (χ3n) is 5.09. The Balaban J connectivity index is 1.51. The van der Waals surface area contributed by atoms with Crippen LogP contribution < -0.4 is 9.80 Å². The molecule has 0 saturated carbocycles. The molecule has 126 valence electrons. The van der Waals surface area contributed by atoms with E-state index < -0.39 is 0 Å². The Morgan fingerprint density at radius 3 is 2.25 bits per heavy atom. The zero-order chi connectivity index (χ0) is 16.4. The topological polar surface area (TPSA) is 58.0 Å². The molecule has 6 nitrogen and oxygen atoms in total. The van der Waals surface area contributed by atoms with Crippen LogP contribution in [0.5, 0.6) is 0 Å². The van der Waals surface area contributed by atoms with E-state index in [-0.39, 0.29) is 0 Å². The maximum Gasteiger partial charge on any atom is 0.150 e. The van der Waals surface area contributed by atoms with Crippen molar-refractivity contribution in [2.45, 2.75) is 39.0 Å². The molecule has 0 aromatic carbocycles. The maximum absolute atomic E-state index is 4.64. The number of fused-ring (bicyclic) bond motifs is 1. The van der Waals surface area contributed by atoms with Crippen molar-refractivity contribution in [2.75, 3.05) is 36.0 Å². The number of aromatic nitrogens is 4. The Morgan fingerprint density at radius 2 is 1.46 bits per heavy atom. The van der Waals surface area contributed by atoms with Crippen LogP contribution in [0.3, 0.4) is 0 Å². The summed E-state index contributed by atoms with van der Waals surface area (Å²) < 4.78 is 0. The molecule has 1 aliphatic heterocycles. The van der Waals surface area contributed by atoms with E-state index in [0.29, 0.717) is 0 Å². The van der Waals surface area contributed by atoms with Gasteiger partial charge in [-0.1, -0.05) is 6.42 Å². The Hall–Kier alpha value is -2.24. The van der Waals surface area contributed by atoms with Gasteiger partial charge in [0.2, 0.25) is 0 Å². The molecule has 0 amide bonds. The second-order valence-corrected chi connectivity index (χ2v) is 6.62. The first-order valence-corrected chi connectivity index (χ1v) is 8.93. The van der Waals surface area contributed by atoms with Gasteiger partial charge in [-0.25, -0.2) is 15.0 Å². The molecule has 1 saturated heterocycles.